The molecule has 0 aliphatic rings. The quantitative estimate of drug-likeness (QED) is 0.646. The third-order valence-electron chi connectivity index (χ3n) is 4.49. The number of hydrogen-bond acceptors (Lipinski definition) is 3. The van der Waals surface area contributed by atoms with Crippen molar-refractivity contribution in [3.63, 3.8) is 0 Å². The summed E-state index contributed by atoms with van der Waals surface area (Å²) in [6.45, 7) is 0.328. The van der Waals surface area contributed by atoms with Crippen LogP contribution in [0.5, 0.6) is 0 Å². The minimum atomic E-state index is 0.268. The van der Waals surface area contributed by atoms with E-state index < -0.39 is 0 Å². The van der Waals surface area contributed by atoms with Gasteiger partial charge in [0.1, 0.15) is 11.6 Å². The van der Waals surface area contributed by atoms with Gasteiger partial charge in [0, 0.05) is 45.5 Å². The van der Waals surface area contributed by atoms with Crippen molar-refractivity contribution >= 4 is 0 Å². The maximum Gasteiger partial charge on any atom is 0.119 e. The summed E-state index contributed by atoms with van der Waals surface area (Å²) in [5.41, 5.74) is 0. The van der Waals surface area contributed by atoms with E-state index in [2.05, 4.69) is 33.2 Å². The van der Waals surface area contributed by atoms with Crippen molar-refractivity contribution in [3.05, 3.63) is 36.4 Å². The Balaban J connectivity index is 1.83. The monoisotopic (exact) mass is 318 g/mol. The van der Waals surface area contributed by atoms with Crippen molar-refractivity contribution in [1.82, 2.24) is 19.1 Å². The number of hydrogen-bond donors (Lipinski definition) is 1. The van der Waals surface area contributed by atoms with Gasteiger partial charge in [-0.3, -0.25) is 0 Å². The number of aliphatic hydroxyl groups is 1. The highest BCUT2D eigenvalue weighted by Gasteiger charge is 2.21. The molecule has 23 heavy (non-hydrogen) atoms. The number of rotatable bonds is 11. The second-order valence-electron chi connectivity index (χ2n) is 6.33. The first kappa shape index (κ1) is 17.7. The van der Waals surface area contributed by atoms with E-state index in [1.807, 2.05) is 24.8 Å². The molecule has 2 rings (SSSR count). The zero-order valence-electron chi connectivity index (χ0n) is 14.5. The summed E-state index contributed by atoms with van der Waals surface area (Å²) in [7, 11) is 4.11. The SMILES string of the molecule is Cn1ccnc1C(CCCCCCCCCO)c1nccn1C. The average molecular weight is 318 g/mol. The number of nitrogens with zero attached hydrogens (tertiary/aromatic N) is 4. The first-order valence-electron chi connectivity index (χ1n) is 8.79. The van der Waals surface area contributed by atoms with Gasteiger partial charge in [0.2, 0.25) is 0 Å². The standard InChI is InChI=1S/C18H30N4O/c1-21-13-11-19-17(21)16(18-20-12-14-22(18)2)10-8-6-4-3-5-7-9-15-23/h11-14,16,23H,3-10,15H2,1-2H3. The van der Waals surface area contributed by atoms with Crippen LogP contribution in [-0.4, -0.2) is 30.8 Å². The van der Waals surface area contributed by atoms with E-state index in [1.54, 1.807) is 0 Å². The van der Waals surface area contributed by atoms with Crippen LogP contribution in [0.15, 0.2) is 24.8 Å². The summed E-state index contributed by atoms with van der Waals surface area (Å²) >= 11 is 0. The molecule has 2 aromatic rings. The minimum absolute atomic E-state index is 0.268. The van der Waals surface area contributed by atoms with Gasteiger partial charge in [0.15, 0.2) is 0 Å². The zero-order valence-corrected chi connectivity index (χ0v) is 14.5. The smallest absolute Gasteiger partial charge is 0.119 e. The normalized spacial score (nSPS) is 11.5. The Labute approximate surface area is 139 Å². The average Bonchev–Trinajstić information content (AvgIpc) is 3.15. The molecule has 0 amide bonds. The predicted molar refractivity (Wildman–Crippen MR) is 92.3 cm³/mol. The number of aryl methyl sites for hydroxylation is 2. The maximum atomic E-state index is 8.78. The van der Waals surface area contributed by atoms with Gasteiger partial charge >= 0.3 is 0 Å². The van der Waals surface area contributed by atoms with Crippen LogP contribution in [0.1, 0.15) is 68.9 Å². The Bertz CT molecular complexity index is 521. The van der Waals surface area contributed by atoms with Crippen LogP contribution in [0.4, 0.5) is 0 Å². The predicted octanol–water partition coefficient (Wildman–Crippen LogP) is 3.40. The molecular formula is C18H30N4O. The zero-order chi connectivity index (χ0) is 16.5. The van der Waals surface area contributed by atoms with Gasteiger partial charge in [0.25, 0.3) is 0 Å². The summed E-state index contributed by atoms with van der Waals surface area (Å²) in [6, 6.07) is 0. The highest BCUT2D eigenvalue weighted by molar-refractivity contribution is 5.13. The van der Waals surface area contributed by atoms with Gasteiger partial charge < -0.3 is 14.2 Å². The molecule has 2 aromatic heterocycles. The Hall–Kier alpha value is -1.62. The van der Waals surface area contributed by atoms with Gasteiger partial charge in [0.05, 0.1) is 5.92 Å². The molecule has 0 atom stereocenters. The van der Waals surface area contributed by atoms with Gasteiger partial charge in [-0.05, 0) is 12.8 Å². The lowest BCUT2D eigenvalue weighted by molar-refractivity contribution is 0.282. The Kier molecular flexibility index (Phi) is 7.33. The summed E-state index contributed by atoms with van der Waals surface area (Å²) in [5.74, 6) is 2.47. The molecule has 0 fully saturated rings. The van der Waals surface area contributed by atoms with Crippen LogP contribution in [0.2, 0.25) is 0 Å². The largest absolute Gasteiger partial charge is 0.396 e. The lowest BCUT2D eigenvalue weighted by atomic mass is 9.98. The van der Waals surface area contributed by atoms with Crippen molar-refractivity contribution < 1.29 is 5.11 Å². The molecule has 0 saturated heterocycles. The van der Waals surface area contributed by atoms with E-state index in [1.165, 1.54) is 32.1 Å². The molecule has 0 aliphatic heterocycles. The maximum absolute atomic E-state index is 8.78. The van der Waals surface area contributed by atoms with Crippen LogP contribution < -0.4 is 0 Å². The molecule has 128 valence electrons. The molecule has 1 N–H and O–H groups in total. The van der Waals surface area contributed by atoms with Gasteiger partial charge in [-0.15, -0.1) is 0 Å². The van der Waals surface area contributed by atoms with Gasteiger partial charge in [-0.2, -0.15) is 0 Å². The molecule has 0 aromatic carbocycles. The van der Waals surface area contributed by atoms with E-state index in [4.69, 9.17) is 5.11 Å². The fourth-order valence-electron chi connectivity index (χ4n) is 3.14. The first-order valence-corrected chi connectivity index (χ1v) is 8.79. The van der Waals surface area contributed by atoms with E-state index >= 15 is 0 Å². The second-order valence-corrected chi connectivity index (χ2v) is 6.33. The van der Waals surface area contributed by atoms with Crippen LogP contribution in [0.3, 0.4) is 0 Å². The summed E-state index contributed by atoms with van der Waals surface area (Å²) in [4.78, 5) is 9.10. The summed E-state index contributed by atoms with van der Waals surface area (Å²) in [5, 5.41) is 8.78. The van der Waals surface area contributed by atoms with Gasteiger partial charge in [-0.1, -0.05) is 38.5 Å². The van der Waals surface area contributed by atoms with Crippen molar-refractivity contribution in [3.8, 4) is 0 Å². The molecule has 0 aliphatic carbocycles. The molecule has 0 bridgehead atoms. The van der Waals surface area contributed by atoms with E-state index in [-0.39, 0.29) is 5.92 Å². The lowest BCUT2D eigenvalue weighted by Crippen LogP contribution is -2.12. The first-order chi connectivity index (χ1) is 11.2. The Morgan fingerprint density at radius 2 is 1.30 bits per heavy atom. The van der Waals surface area contributed by atoms with Crippen molar-refractivity contribution in [2.75, 3.05) is 6.61 Å². The van der Waals surface area contributed by atoms with Crippen molar-refractivity contribution in [2.24, 2.45) is 14.1 Å². The fourth-order valence-corrected chi connectivity index (χ4v) is 3.14. The molecule has 2 heterocycles. The highest BCUT2D eigenvalue weighted by Crippen LogP contribution is 2.27. The molecular weight excluding hydrogens is 288 g/mol. The molecule has 0 saturated carbocycles. The number of unbranched alkanes of at least 4 members (excludes halogenated alkanes) is 6. The third kappa shape index (κ3) is 5.20. The van der Waals surface area contributed by atoms with E-state index in [0.717, 1.165) is 30.9 Å². The molecule has 5 heteroatoms. The second kappa shape index (κ2) is 9.50. The van der Waals surface area contributed by atoms with Crippen LogP contribution >= 0.6 is 0 Å². The number of aromatic nitrogens is 4. The topological polar surface area (TPSA) is 55.9 Å². The summed E-state index contributed by atoms with van der Waals surface area (Å²) < 4.78 is 4.21. The van der Waals surface area contributed by atoms with Gasteiger partial charge in [-0.25, -0.2) is 9.97 Å². The fraction of sp³-hybridized carbons (Fsp3) is 0.667. The van der Waals surface area contributed by atoms with Crippen LogP contribution in [0, 0.1) is 0 Å². The van der Waals surface area contributed by atoms with E-state index in [9.17, 15) is 0 Å². The minimum Gasteiger partial charge on any atom is -0.396 e. The Morgan fingerprint density at radius 1 is 0.826 bits per heavy atom. The van der Waals surface area contributed by atoms with E-state index in [0.29, 0.717) is 6.61 Å². The highest BCUT2D eigenvalue weighted by atomic mass is 16.2. The molecule has 0 radical (unpaired) electrons. The van der Waals surface area contributed by atoms with Crippen molar-refractivity contribution in [2.45, 2.75) is 57.3 Å². The summed E-state index contributed by atoms with van der Waals surface area (Å²) in [6.07, 6.45) is 17.2. The number of aliphatic hydroxyl groups excluding tert-OH is 1. The van der Waals surface area contributed by atoms with Crippen molar-refractivity contribution in [1.29, 1.82) is 0 Å². The number of imidazole rings is 2. The van der Waals surface area contributed by atoms with Crippen LogP contribution in [0.25, 0.3) is 0 Å². The molecule has 5 nitrogen and oxygen atoms in total. The lowest BCUT2D eigenvalue weighted by Gasteiger charge is -2.16. The van der Waals surface area contributed by atoms with Crippen LogP contribution in [-0.2, 0) is 14.1 Å². The third-order valence-corrected chi connectivity index (χ3v) is 4.49. The molecule has 0 unspecified atom stereocenters. The molecule has 0 spiro atoms. The Morgan fingerprint density at radius 3 is 1.74 bits per heavy atom.